The fraction of sp³-hybridized carbons (Fsp3) is 0.529. The Morgan fingerprint density at radius 3 is 2.91 bits per heavy atom. The van der Waals surface area contributed by atoms with E-state index in [4.69, 9.17) is 4.74 Å². The van der Waals surface area contributed by atoms with Gasteiger partial charge in [0.1, 0.15) is 17.4 Å². The lowest BCUT2D eigenvalue weighted by molar-refractivity contribution is -0.0715. The predicted octanol–water partition coefficient (Wildman–Crippen LogP) is 1.64. The molecule has 3 atom stereocenters. The smallest absolute Gasteiger partial charge is 0.274 e. The lowest BCUT2D eigenvalue weighted by atomic mass is 9.89. The van der Waals surface area contributed by atoms with Gasteiger partial charge in [0.15, 0.2) is 0 Å². The van der Waals surface area contributed by atoms with Crippen LogP contribution in [-0.2, 0) is 4.74 Å². The third-order valence-electron chi connectivity index (χ3n) is 4.70. The number of hydrogen-bond acceptors (Lipinski definition) is 4. The largest absolute Gasteiger partial charge is 0.388 e. The summed E-state index contributed by atoms with van der Waals surface area (Å²) in [5.74, 6) is -0.174. The van der Waals surface area contributed by atoms with Gasteiger partial charge in [-0.15, -0.1) is 0 Å². The fourth-order valence-electron chi connectivity index (χ4n) is 3.33. The summed E-state index contributed by atoms with van der Waals surface area (Å²) < 4.78 is 7.18. The van der Waals surface area contributed by atoms with Crippen molar-refractivity contribution in [3.05, 3.63) is 35.8 Å². The number of carbonyl (C=O) groups excluding carboxylic acids is 1. The molecule has 0 spiro atoms. The highest BCUT2D eigenvalue weighted by atomic mass is 16.5. The van der Waals surface area contributed by atoms with Gasteiger partial charge >= 0.3 is 0 Å². The van der Waals surface area contributed by atoms with E-state index in [0.29, 0.717) is 5.69 Å². The number of fused-ring (bicyclic) bond motifs is 1. The van der Waals surface area contributed by atoms with Crippen LogP contribution >= 0.6 is 0 Å². The predicted molar refractivity (Wildman–Crippen MR) is 86.5 cm³/mol. The first-order valence-electron chi connectivity index (χ1n) is 7.94. The molecular formula is C17H23N3O3. The molecule has 0 aliphatic heterocycles. The number of pyridine rings is 1. The van der Waals surface area contributed by atoms with Gasteiger partial charge in [-0.1, -0.05) is 6.07 Å². The van der Waals surface area contributed by atoms with Crippen molar-refractivity contribution in [3.63, 3.8) is 0 Å². The van der Waals surface area contributed by atoms with Gasteiger partial charge in [-0.05, 0) is 37.8 Å². The molecule has 0 bridgehead atoms. The average Bonchev–Trinajstić information content (AvgIpc) is 2.96. The number of aliphatic hydroxyl groups excluding tert-OH is 1. The molecular weight excluding hydrogens is 294 g/mol. The number of ether oxygens (including phenoxy) is 1. The Labute approximate surface area is 135 Å². The highest BCUT2D eigenvalue weighted by molar-refractivity contribution is 5.93. The fourth-order valence-corrected chi connectivity index (χ4v) is 3.33. The lowest BCUT2D eigenvalue weighted by Gasteiger charge is -2.38. The molecule has 1 amide bonds. The number of nitrogens with zero attached hydrogens (tertiary/aromatic N) is 3. The van der Waals surface area contributed by atoms with Crippen LogP contribution < -0.4 is 0 Å². The van der Waals surface area contributed by atoms with Crippen molar-refractivity contribution in [2.45, 2.75) is 44.4 Å². The van der Waals surface area contributed by atoms with Crippen LogP contribution in [0.1, 0.15) is 35.3 Å². The van der Waals surface area contributed by atoms with Crippen molar-refractivity contribution in [2.75, 3.05) is 14.2 Å². The van der Waals surface area contributed by atoms with Gasteiger partial charge in [0.2, 0.25) is 0 Å². The minimum atomic E-state index is -0.665. The normalized spacial score (nSPS) is 24.8. The van der Waals surface area contributed by atoms with E-state index in [-0.39, 0.29) is 18.1 Å². The van der Waals surface area contributed by atoms with Crippen molar-refractivity contribution >= 4 is 11.6 Å². The summed E-state index contributed by atoms with van der Waals surface area (Å²) >= 11 is 0. The van der Waals surface area contributed by atoms with Crippen LogP contribution in [0.2, 0.25) is 0 Å². The monoisotopic (exact) mass is 317 g/mol. The standard InChI is InChI=1S/C17H23N3O3/c1-11-7-8-15-18-12(10-20(15)9-11)17(22)19(2)13-5-4-6-14(23-3)16(13)21/h7-10,13-14,16,21H,4-6H2,1-3H3/t13-,14-,16-/m1/s1. The van der Waals surface area contributed by atoms with Gasteiger partial charge in [0, 0.05) is 26.6 Å². The molecule has 0 radical (unpaired) electrons. The van der Waals surface area contributed by atoms with E-state index in [1.54, 1.807) is 25.3 Å². The number of aryl methyl sites for hydroxylation is 1. The third kappa shape index (κ3) is 2.96. The molecule has 3 rings (SSSR count). The van der Waals surface area contributed by atoms with Gasteiger partial charge < -0.3 is 19.1 Å². The van der Waals surface area contributed by atoms with Crippen LogP contribution in [0.5, 0.6) is 0 Å². The summed E-state index contributed by atoms with van der Waals surface area (Å²) in [6.07, 6.45) is 5.33. The number of likely N-dealkylation sites (N-methyl/N-ethyl adjacent to an activating group) is 1. The Morgan fingerprint density at radius 2 is 2.17 bits per heavy atom. The third-order valence-corrected chi connectivity index (χ3v) is 4.70. The summed E-state index contributed by atoms with van der Waals surface area (Å²) in [7, 11) is 3.33. The number of hydrogen-bond donors (Lipinski definition) is 1. The quantitative estimate of drug-likeness (QED) is 0.934. The molecule has 1 aliphatic carbocycles. The Morgan fingerprint density at radius 1 is 1.39 bits per heavy atom. The second-order valence-electron chi connectivity index (χ2n) is 6.28. The molecule has 124 valence electrons. The van der Waals surface area contributed by atoms with Crippen molar-refractivity contribution in [2.24, 2.45) is 0 Å². The number of imidazole rings is 1. The Hall–Kier alpha value is -1.92. The number of rotatable bonds is 3. The first-order valence-corrected chi connectivity index (χ1v) is 7.94. The van der Waals surface area contributed by atoms with E-state index in [1.807, 2.05) is 29.7 Å². The summed E-state index contributed by atoms with van der Waals surface area (Å²) in [5.41, 5.74) is 2.24. The second kappa shape index (κ2) is 6.29. The molecule has 23 heavy (non-hydrogen) atoms. The van der Waals surface area contributed by atoms with Gasteiger partial charge in [-0.25, -0.2) is 4.98 Å². The zero-order chi connectivity index (χ0) is 16.6. The van der Waals surface area contributed by atoms with E-state index in [9.17, 15) is 9.90 Å². The van der Waals surface area contributed by atoms with Crippen LogP contribution in [0.3, 0.4) is 0 Å². The van der Waals surface area contributed by atoms with E-state index < -0.39 is 6.10 Å². The zero-order valence-electron chi connectivity index (χ0n) is 13.8. The molecule has 2 aromatic rings. The van der Waals surface area contributed by atoms with E-state index in [0.717, 1.165) is 30.5 Å². The van der Waals surface area contributed by atoms with Crippen LogP contribution in [0, 0.1) is 6.92 Å². The molecule has 1 N–H and O–H groups in total. The summed E-state index contributed by atoms with van der Waals surface area (Å²) in [6.45, 7) is 2.00. The second-order valence-corrected chi connectivity index (χ2v) is 6.28. The molecule has 2 aromatic heterocycles. The van der Waals surface area contributed by atoms with Crippen LogP contribution in [0.25, 0.3) is 5.65 Å². The molecule has 0 aromatic carbocycles. The number of aromatic nitrogens is 2. The van der Waals surface area contributed by atoms with Gasteiger partial charge in [0.25, 0.3) is 5.91 Å². The van der Waals surface area contributed by atoms with E-state index in [2.05, 4.69) is 4.98 Å². The topological polar surface area (TPSA) is 67.1 Å². The number of amides is 1. The van der Waals surface area contributed by atoms with Crippen molar-refractivity contribution < 1.29 is 14.6 Å². The summed E-state index contributed by atoms with van der Waals surface area (Å²) in [6, 6.07) is 3.62. The molecule has 2 heterocycles. The summed E-state index contributed by atoms with van der Waals surface area (Å²) in [5, 5.41) is 10.4. The number of methoxy groups -OCH3 is 1. The van der Waals surface area contributed by atoms with Crippen molar-refractivity contribution in [1.82, 2.24) is 14.3 Å². The maximum absolute atomic E-state index is 12.7. The number of aliphatic hydroxyl groups is 1. The van der Waals surface area contributed by atoms with Crippen LogP contribution in [-0.4, -0.2) is 57.7 Å². The SMILES string of the molecule is CO[C@@H]1CCC[C@@H](N(C)C(=O)c2cn3cc(C)ccc3n2)[C@H]1O. The molecule has 1 fully saturated rings. The van der Waals surface area contributed by atoms with Gasteiger partial charge in [-0.2, -0.15) is 0 Å². The minimum Gasteiger partial charge on any atom is -0.388 e. The highest BCUT2D eigenvalue weighted by Gasteiger charge is 2.36. The van der Waals surface area contributed by atoms with E-state index in [1.165, 1.54) is 0 Å². The lowest BCUT2D eigenvalue weighted by Crippen LogP contribution is -2.52. The Balaban J connectivity index is 1.83. The number of carbonyl (C=O) groups is 1. The van der Waals surface area contributed by atoms with Crippen molar-refractivity contribution in [3.8, 4) is 0 Å². The minimum absolute atomic E-state index is 0.174. The first kappa shape index (κ1) is 16.0. The van der Waals surface area contributed by atoms with Gasteiger partial charge in [0.05, 0.1) is 12.1 Å². The van der Waals surface area contributed by atoms with Crippen LogP contribution in [0.15, 0.2) is 24.5 Å². The first-order chi connectivity index (χ1) is 11.0. The average molecular weight is 317 g/mol. The molecule has 0 saturated heterocycles. The van der Waals surface area contributed by atoms with Crippen LogP contribution in [0.4, 0.5) is 0 Å². The molecule has 6 nitrogen and oxygen atoms in total. The molecule has 1 saturated carbocycles. The van der Waals surface area contributed by atoms with Gasteiger partial charge in [-0.3, -0.25) is 4.79 Å². The van der Waals surface area contributed by atoms with Crippen molar-refractivity contribution in [1.29, 1.82) is 0 Å². The zero-order valence-corrected chi connectivity index (χ0v) is 13.8. The Kier molecular flexibility index (Phi) is 4.37. The van der Waals surface area contributed by atoms with E-state index >= 15 is 0 Å². The highest BCUT2D eigenvalue weighted by Crippen LogP contribution is 2.25. The maximum atomic E-state index is 12.7. The molecule has 0 unspecified atom stereocenters. The summed E-state index contributed by atoms with van der Waals surface area (Å²) in [4.78, 5) is 18.7. The molecule has 6 heteroatoms. The Bertz CT molecular complexity index is 712. The molecule has 1 aliphatic rings. The maximum Gasteiger partial charge on any atom is 0.274 e.